The van der Waals surface area contributed by atoms with E-state index < -0.39 is 0 Å². The quantitative estimate of drug-likeness (QED) is 0.265. The van der Waals surface area contributed by atoms with Gasteiger partial charge in [0.2, 0.25) is 0 Å². The van der Waals surface area contributed by atoms with Crippen LogP contribution in [0.3, 0.4) is 0 Å². The van der Waals surface area contributed by atoms with Crippen molar-refractivity contribution in [3.8, 4) is 16.9 Å². The molecular weight excluding hydrogens is 466 g/mol. The van der Waals surface area contributed by atoms with Gasteiger partial charge < -0.3 is 14.5 Å². The summed E-state index contributed by atoms with van der Waals surface area (Å²) in [7, 11) is 0. The SMILES string of the molecule is CCOC(=O)c1[nH]c2ccc(Sc3cccc(Cl)c3)cc2c1-c1ccc(OC2CCCC2)cc1. The first kappa shape index (κ1) is 22.9. The second-order valence-electron chi connectivity index (χ2n) is 8.41. The molecule has 1 saturated carbocycles. The Balaban J connectivity index is 1.53. The molecule has 3 aromatic carbocycles. The van der Waals surface area contributed by atoms with E-state index in [1.807, 2.05) is 67.6 Å². The Kier molecular flexibility index (Phi) is 6.84. The summed E-state index contributed by atoms with van der Waals surface area (Å²) in [6.45, 7) is 2.13. The van der Waals surface area contributed by atoms with Gasteiger partial charge in [-0.2, -0.15) is 0 Å². The summed E-state index contributed by atoms with van der Waals surface area (Å²) in [5.74, 6) is 0.509. The van der Waals surface area contributed by atoms with Crippen LogP contribution in [-0.2, 0) is 4.74 Å². The molecule has 4 nitrogen and oxygen atoms in total. The number of esters is 1. The maximum Gasteiger partial charge on any atom is 0.355 e. The number of carbonyl (C=O) groups is 1. The van der Waals surface area contributed by atoms with Crippen LogP contribution in [0.5, 0.6) is 5.75 Å². The Labute approximate surface area is 208 Å². The number of aromatic nitrogens is 1. The van der Waals surface area contributed by atoms with E-state index in [-0.39, 0.29) is 5.97 Å². The molecule has 0 aliphatic heterocycles. The number of H-pyrrole nitrogens is 1. The normalized spacial score (nSPS) is 13.9. The van der Waals surface area contributed by atoms with Crippen molar-refractivity contribution < 1.29 is 14.3 Å². The van der Waals surface area contributed by atoms with Crippen molar-refractivity contribution in [1.29, 1.82) is 0 Å². The summed E-state index contributed by atoms with van der Waals surface area (Å²) in [4.78, 5) is 18.2. The molecule has 0 radical (unpaired) electrons. The monoisotopic (exact) mass is 491 g/mol. The third kappa shape index (κ3) is 4.96. The van der Waals surface area contributed by atoms with Crippen LogP contribution in [0.25, 0.3) is 22.0 Å². The lowest BCUT2D eigenvalue weighted by atomic mass is 10.0. The summed E-state index contributed by atoms with van der Waals surface area (Å²) >= 11 is 7.80. The van der Waals surface area contributed by atoms with E-state index in [0.717, 1.165) is 50.4 Å². The van der Waals surface area contributed by atoms with Gasteiger partial charge in [0.1, 0.15) is 11.4 Å². The fraction of sp³-hybridized carbons (Fsp3) is 0.250. The zero-order chi connectivity index (χ0) is 23.5. The Morgan fingerprint density at radius 2 is 1.79 bits per heavy atom. The fourth-order valence-electron chi connectivity index (χ4n) is 4.46. The molecule has 0 bridgehead atoms. The van der Waals surface area contributed by atoms with Crippen LogP contribution in [0.1, 0.15) is 43.1 Å². The molecule has 5 rings (SSSR count). The van der Waals surface area contributed by atoms with Crippen molar-refractivity contribution in [3.05, 3.63) is 77.4 Å². The summed E-state index contributed by atoms with van der Waals surface area (Å²) in [5.41, 5.74) is 3.14. The smallest absolute Gasteiger partial charge is 0.355 e. The number of rotatable bonds is 7. The number of benzene rings is 3. The lowest BCUT2D eigenvalue weighted by Crippen LogP contribution is -2.10. The van der Waals surface area contributed by atoms with Crippen LogP contribution in [0.15, 0.2) is 76.5 Å². The zero-order valence-electron chi connectivity index (χ0n) is 19.0. The average Bonchev–Trinajstić information content (AvgIpc) is 3.47. The van der Waals surface area contributed by atoms with E-state index in [1.54, 1.807) is 11.8 Å². The van der Waals surface area contributed by atoms with Crippen LogP contribution < -0.4 is 4.74 Å². The second-order valence-corrected chi connectivity index (χ2v) is 9.99. The molecule has 0 amide bonds. The summed E-state index contributed by atoms with van der Waals surface area (Å²) in [6, 6.07) is 22.0. The number of carbonyl (C=O) groups excluding carboxylic acids is 1. The molecular formula is C28H26ClNO3S. The predicted molar refractivity (Wildman–Crippen MR) is 138 cm³/mol. The minimum absolute atomic E-state index is 0.306. The van der Waals surface area contributed by atoms with E-state index in [2.05, 4.69) is 11.1 Å². The highest BCUT2D eigenvalue weighted by atomic mass is 35.5. The van der Waals surface area contributed by atoms with E-state index in [9.17, 15) is 4.79 Å². The minimum atomic E-state index is -0.357. The Hall–Kier alpha value is -2.89. The van der Waals surface area contributed by atoms with Gasteiger partial charge in [0, 0.05) is 31.3 Å². The molecule has 174 valence electrons. The predicted octanol–water partition coefficient (Wildman–Crippen LogP) is 8.14. The fourth-order valence-corrected chi connectivity index (χ4v) is 5.63. The molecule has 0 spiro atoms. The van der Waals surface area contributed by atoms with E-state index in [4.69, 9.17) is 21.1 Å². The highest BCUT2D eigenvalue weighted by Gasteiger charge is 2.21. The lowest BCUT2D eigenvalue weighted by molar-refractivity contribution is 0.0521. The molecule has 1 fully saturated rings. The topological polar surface area (TPSA) is 51.3 Å². The molecule has 0 unspecified atom stereocenters. The van der Waals surface area contributed by atoms with Gasteiger partial charge in [-0.1, -0.05) is 41.6 Å². The minimum Gasteiger partial charge on any atom is -0.490 e. The molecule has 6 heteroatoms. The number of hydrogen-bond donors (Lipinski definition) is 1. The standard InChI is InChI=1S/C28H26ClNO3S/c1-2-32-28(31)27-26(18-10-12-21(13-11-18)33-20-7-3-4-8-20)24-17-23(14-15-25(24)30-27)34-22-9-5-6-19(29)16-22/h5-6,9-17,20,30H,2-4,7-8H2,1H3. The zero-order valence-corrected chi connectivity index (χ0v) is 20.5. The van der Waals surface area contributed by atoms with Gasteiger partial charge in [0.25, 0.3) is 0 Å². The molecule has 0 atom stereocenters. The average molecular weight is 492 g/mol. The molecule has 0 saturated heterocycles. The van der Waals surface area contributed by atoms with Gasteiger partial charge in [-0.3, -0.25) is 0 Å². The van der Waals surface area contributed by atoms with Gasteiger partial charge in [0.05, 0.1) is 12.7 Å². The van der Waals surface area contributed by atoms with Gasteiger partial charge in [-0.25, -0.2) is 4.79 Å². The number of fused-ring (bicyclic) bond motifs is 1. The van der Waals surface area contributed by atoms with E-state index >= 15 is 0 Å². The summed E-state index contributed by atoms with van der Waals surface area (Å²) < 4.78 is 11.5. The van der Waals surface area contributed by atoms with Gasteiger partial charge >= 0.3 is 5.97 Å². The Morgan fingerprint density at radius 1 is 1.03 bits per heavy atom. The summed E-state index contributed by atoms with van der Waals surface area (Å²) in [6.07, 6.45) is 5.00. The lowest BCUT2D eigenvalue weighted by Gasteiger charge is -2.13. The first-order valence-electron chi connectivity index (χ1n) is 11.6. The van der Waals surface area contributed by atoms with Crippen molar-refractivity contribution >= 4 is 40.2 Å². The summed E-state index contributed by atoms with van der Waals surface area (Å²) in [5, 5.41) is 1.68. The van der Waals surface area contributed by atoms with Gasteiger partial charge in [-0.05, 0) is 86.7 Å². The molecule has 1 aliphatic rings. The molecule has 1 heterocycles. The maximum atomic E-state index is 12.8. The van der Waals surface area contributed by atoms with Crippen molar-refractivity contribution in [2.75, 3.05) is 6.61 Å². The highest BCUT2D eigenvalue weighted by molar-refractivity contribution is 7.99. The van der Waals surface area contributed by atoms with Crippen molar-refractivity contribution in [2.24, 2.45) is 0 Å². The number of hydrogen-bond acceptors (Lipinski definition) is 4. The van der Waals surface area contributed by atoms with Crippen LogP contribution in [0.4, 0.5) is 0 Å². The molecule has 1 aromatic heterocycles. The van der Waals surface area contributed by atoms with Crippen molar-refractivity contribution in [1.82, 2.24) is 4.98 Å². The third-order valence-corrected chi connectivity index (χ3v) is 7.24. The number of halogens is 1. The van der Waals surface area contributed by atoms with Crippen LogP contribution >= 0.6 is 23.4 Å². The van der Waals surface area contributed by atoms with Gasteiger partial charge in [-0.15, -0.1) is 0 Å². The molecule has 34 heavy (non-hydrogen) atoms. The van der Waals surface area contributed by atoms with E-state index in [0.29, 0.717) is 23.4 Å². The Bertz CT molecular complexity index is 1310. The van der Waals surface area contributed by atoms with E-state index in [1.165, 1.54) is 12.8 Å². The number of nitrogens with one attached hydrogen (secondary N) is 1. The maximum absolute atomic E-state index is 12.8. The molecule has 1 aliphatic carbocycles. The first-order valence-corrected chi connectivity index (χ1v) is 12.8. The third-order valence-electron chi connectivity index (χ3n) is 6.03. The largest absolute Gasteiger partial charge is 0.490 e. The first-order chi connectivity index (χ1) is 16.6. The van der Waals surface area contributed by atoms with Crippen LogP contribution in [-0.4, -0.2) is 23.7 Å². The molecule has 1 N–H and O–H groups in total. The van der Waals surface area contributed by atoms with Crippen molar-refractivity contribution in [2.45, 2.75) is 48.5 Å². The number of ether oxygens (including phenoxy) is 2. The van der Waals surface area contributed by atoms with Crippen molar-refractivity contribution in [3.63, 3.8) is 0 Å². The second kappa shape index (κ2) is 10.2. The molecule has 4 aromatic rings. The van der Waals surface area contributed by atoms with Crippen LogP contribution in [0, 0.1) is 0 Å². The highest BCUT2D eigenvalue weighted by Crippen LogP contribution is 2.38. The van der Waals surface area contributed by atoms with Crippen LogP contribution in [0.2, 0.25) is 5.02 Å². The van der Waals surface area contributed by atoms with Gasteiger partial charge in [0.15, 0.2) is 0 Å². The number of aromatic amines is 1. The Morgan fingerprint density at radius 3 is 2.53 bits per heavy atom.